The lowest BCUT2D eigenvalue weighted by atomic mass is 9.82. The fourth-order valence-electron chi connectivity index (χ4n) is 3.53. The molecule has 7 nitrogen and oxygen atoms in total. The number of nitriles is 1. The molecule has 172 valence electrons. The van der Waals surface area contributed by atoms with Crippen LogP contribution in [-0.4, -0.2) is 19.7 Å². The van der Waals surface area contributed by atoms with Crippen molar-refractivity contribution < 1.29 is 23.7 Å². The second-order valence-corrected chi connectivity index (χ2v) is 7.89. The molecule has 0 spiro atoms. The Morgan fingerprint density at radius 2 is 1.94 bits per heavy atom. The van der Waals surface area contributed by atoms with Crippen LogP contribution in [-0.2, 0) is 20.9 Å². The molecule has 0 saturated heterocycles. The number of allylic oxidation sites excluding steroid dienone is 2. The number of halogens is 2. The first-order valence-electron chi connectivity index (χ1n) is 10.0. The van der Waals surface area contributed by atoms with E-state index >= 15 is 0 Å². The average Bonchev–Trinajstić information content (AvgIpc) is 2.78. The average molecular weight is 489 g/mol. The lowest BCUT2D eigenvalue weighted by Crippen LogP contribution is -2.25. The molecule has 3 rings (SSSR count). The number of hydrogen-bond donors (Lipinski definition) is 1. The minimum absolute atomic E-state index is 0.0605. The van der Waals surface area contributed by atoms with Gasteiger partial charge in [0.05, 0.1) is 30.2 Å². The number of esters is 1. The van der Waals surface area contributed by atoms with Crippen molar-refractivity contribution in [3.05, 3.63) is 80.4 Å². The third-order valence-corrected chi connectivity index (χ3v) is 5.55. The Morgan fingerprint density at radius 3 is 2.58 bits per heavy atom. The first-order valence-corrected chi connectivity index (χ1v) is 10.8. The number of nitrogens with two attached hydrogens (primary N) is 1. The van der Waals surface area contributed by atoms with Crippen molar-refractivity contribution in [2.45, 2.75) is 26.4 Å². The van der Waals surface area contributed by atoms with E-state index in [1.54, 1.807) is 50.2 Å². The Balaban J connectivity index is 2.03. The molecule has 2 aromatic rings. The van der Waals surface area contributed by atoms with Crippen LogP contribution in [0.2, 0.25) is 10.0 Å². The molecule has 1 heterocycles. The maximum atomic E-state index is 12.7. The fourth-order valence-corrected chi connectivity index (χ4v) is 3.99. The standard InChI is InChI=1S/C24H22Cl2N2O5/c1-4-31-24(29)21-13(2)33-23(28)17(11-27)22(21)14-5-7-19(30-3)15(9-14)12-32-20-8-6-16(25)10-18(20)26/h5-10,22H,4,12,28H2,1-3H3. The number of rotatable bonds is 7. The van der Waals surface area contributed by atoms with E-state index in [1.165, 1.54) is 7.11 Å². The van der Waals surface area contributed by atoms with E-state index in [0.717, 1.165) is 0 Å². The summed E-state index contributed by atoms with van der Waals surface area (Å²) in [7, 11) is 1.54. The Hall–Kier alpha value is -3.34. The lowest BCUT2D eigenvalue weighted by molar-refractivity contribution is -0.139. The van der Waals surface area contributed by atoms with E-state index in [9.17, 15) is 10.1 Å². The number of nitrogens with zero attached hydrogens (tertiary/aromatic N) is 1. The van der Waals surface area contributed by atoms with Crippen LogP contribution in [0.1, 0.15) is 30.9 Å². The first-order chi connectivity index (χ1) is 15.8. The Kier molecular flexibility index (Phi) is 7.75. The van der Waals surface area contributed by atoms with Crippen LogP contribution in [0.3, 0.4) is 0 Å². The molecule has 0 aromatic heterocycles. The fraction of sp³-hybridized carbons (Fsp3) is 0.250. The predicted octanol–water partition coefficient (Wildman–Crippen LogP) is 5.23. The highest BCUT2D eigenvalue weighted by atomic mass is 35.5. The summed E-state index contributed by atoms with van der Waals surface area (Å²) in [6, 6.07) is 12.3. The van der Waals surface area contributed by atoms with Crippen molar-refractivity contribution in [2.24, 2.45) is 5.73 Å². The van der Waals surface area contributed by atoms with E-state index in [0.29, 0.717) is 32.7 Å². The van der Waals surface area contributed by atoms with Gasteiger partial charge in [-0.05, 0) is 49.7 Å². The molecule has 2 N–H and O–H groups in total. The maximum absolute atomic E-state index is 12.7. The Bertz CT molecular complexity index is 1180. The third kappa shape index (κ3) is 5.19. The summed E-state index contributed by atoms with van der Waals surface area (Å²) >= 11 is 12.2. The summed E-state index contributed by atoms with van der Waals surface area (Å²) in [5.41, 5.74) is 7.59. The summed E-state index contributed by atoms with van der Waals surface area (Å²) in [6.07, 6.45) is 0. The zero-order chi connectivity index (χ0) is 24.1. The molecule has 0 amide bonds. The highest BCUT2D eigenvalue weighted by Crippen LogP contribution is 2.41. The Morgan fingerprint density at radius 1 is 1.21 bits per heavy atom. The highest BCUT2D eigenvalue weighted by molar-refractivity contribution is 6.35. The second-order valence-electron chi connectivity index (χ2n) is 7.05. The molecular weight excluding hydrogens is 467 g/mol. The molecule has 0 radical (unpaired) electrons. The summed E-state index contributed by atoms with van der Waals surface area (Å²) in [5, 5.41) is 10.6. The molecule has 2 aromatic carbocycles. The zero-order valence-corrected chi connectivity index (χ0v) is 19.8. The van der Waals surface area contributed by atoms with Gasteiger partial charge >= 0.3 is 5.97 Å². The van der Waals surface area contributed by atoms with Crippen LogP contribution in [0, 0.1) is 11.3 Å². The minimum atomic E-state index is -0.772. The topological polar surface area (TPSA) is 104 Å². The predicted molar refractivity (Wildman–Crippen MR) is 124 cm³/mol. The summed E-state index contributed by atoms with van der Waals surface area (Å²) in [6.45, 7) is 3.59. The minimum Gasteiger partial charge on any atom is -0.496 e. The molecule has 0 bridgehead atoms. The molecule has 0 saturated carbocycles. The van der Waals surface area contributed by atoms with Crippen molar-refractivity contribution >= 4 is 29.2 Å². The van der Waals surface area contributed by atoms with Crippen LogP contribution in [0.15, 0.2) is 59.2 Å². The van der Waals surface area contributed by atoms with Gasteiger partial charge in [0.2, 0.25) is 5.88 Å². The molecule has 9 heteroatoms. The van der Waals surface area contributed by atoms with Gasteiger partial charge in [0, 0.05) is 10.6 Å². The molecular formula is C24H22Cl2N2O5. The van der Waals surface area contributed by atoms with Gasteiger partial charge in [-0.1, -0.05) is 29.3 Å². The van der Waals surface area contributed by atoms with Gasteiger partial charge in [0.1, 0.15) is 35.5 Å². The summed E-state index contributed by atoms with van der Waals surface area (Å²) < 4.78 is 22.0. The summed E-state index contributed by atoms with van der Waals surface area (Å²) in [5.74, 6) is -0.131. The zero-order valence-electron chi connectivity index (χ0n) is 18.3. The summed E-state index contributed by atoms with van der Waals surface area (Å²) in [4.78, 5) is 12.7. The maximum Gasteiger partial charge on any atom is 0.338 e. The van der Waals surface area contributed by atoms with Gasteiger partial charge in [0.25, 0.3) is 0 Å². The van der Waals surface area contributed by atoms with Crippen LogP contribution >= 0.6 is 23.2 Å². The van der Waals surface area contributed by atoms with Crippen LogP contribution in [0.25, 0.3) is 0 Å². The molecule has 1 aliphatic heterocycles. The van der Waals surface area contributed by atoms with Crippen molar-refractivity contribution in [1.82, 2.24) is 0 Å². The van der Waals surface area contributed by atoms with Crippen LogP contribution in [0.4, 0.5) is 0 Å². The number of methoxy groups -OCH3 is 1. The smallest absolute Gasteiger partial charge is 0.338 e. The third-order valence-electron chi connectivity index (χ3n) is 5.02. The second kappa shape index (κ2) is 10.5. The highest BCUT2D eigenvalue weighted by Gasteiger charge is 2.36. The van der Waals surface area contributed by atoms with E-state index in [-0.39, 0.29) is 36.0 Å². The SMILES string of the molecule is CCOC(=O)C1=C(C)OC(N)=C(C#N)C1c1ccc(OC)c(COc2ccc(Cl)cc2Cl)c1. The number of carbonyl (C=O) groups excluding carboxylic acids is 1. The van der Waals surface area contributed by atoms with Crippen LogP contribution < -0.4 is 15.2 Å². The van der Waals surface area contributed by atoms with Crippen molar-refractivity contribution in [3.63, 3.8) is 0 Å². The van der Waals surface area contributed by atoms with Crippen molar-refractivity contribution in [2.75, 3.05) is 13.7 Å². The van der Waals surface area contributed by atoms with Gasteiger partial charge in [-0.15, -0.1) is 0 Å². The Labute approximate surface area is 201 Å². The molecule has 1 atom stereocenters. The molecule has 0 fully saturated rings. The quantitative estimate of drug-likeness (QED) is 0.532. The molecule has 0 aliphatic carbocycles. The van der Waals surface area contributed by atoms with Gasteiger partial charge in [0.15, 0.2) is 0 Å². The molecule has 1 aliphatic rings. The van der Waals surface area contributed by atoms with Crippen LogP contribution in [0.5, 0.6) is 11.5 Å². The van der Waals surface area contributed by atoms with Gasteiger partial charge < -0.3 is 24.7 Å². The number of ether oxygens (including phenoxy) is 4. The normalized spacial score (nSPS) is 15.6. The van der Waals surface area contributed by atoms with Crippen molar-refractivity contribution in [3.8, 4) is 17.6 Å². The number of hydrogen-bond acceptors (Lipinski definition) is 7. The van der Waals surface area contributed by atoms with Crippen molar-refractivity contribution in [1.29, 1.82) is 5.26 Å². The largest absolute Gasteiger partial charge is 0.496 e. The van der Waals surface area contributed by atoms with Gasteiger partial charge in [-0.25, -0.2) is 4.79 Å². The molecule has 1 unspecified atom stereocenters. The number of benzene rings is 2. The first kappa shape index (κ1) is 24.3. The van der Waals surface area contributed by atoms with E-state index in [2.05, 4.69) is 6.07 Å². The van der Waals surface area contributed by atoms with Gasteiger partial charge in [-0.2, -0.15) is 5.26 Å². The lowest BCUT2D eigenvalue weighted by Gasteiger charge is -2.27. The van der Waals surface area contributed by atoms with Gasteiger partial charge in [-0.3, -0.25) is 0 Å². The van der Waals surface area contributed by atoms with E-state index in [4.69, 9.17) is 47.9 Å². The number of carbonyl (C=O) groups is 1. The van der Waals surface area contributed by atoms with E-state index in [1.807, 2.05) is 0 Å². The van der Waals surface area contributed by atoms with E-state index < -0.39 is 11.9 Å². The molecule has 33 heavy (non-hydrogen) atoms. The monoisotopic (exact) mass is 488 g/mol.